The molecule has 4 rings (SSSR count). The maximum Gasteiger partial charge on any atom is 0.232 e. The van der Waals surface area contributed by atoms with Crippen molar-refractivity contribution in [1.29, 1.82) is 0 Å². The molecule has 1 aromatic carbocycles. The maximum absolute atomic E-state index is 5.72. The van der Waals surface area contributed by atoms with Gasteiger partial charge in [0, 0.05) is 12.4 Å². The molecule has 0 radical (unpaired) electrons. The van der Waals surface area contributed by atoms with Gasteiger partial charge in [-0.15, -0.1) is 0 Å². The molecule has 8 N–H and O–H groups in total. The zero-order valence-corrected chi connectivity index (χ0v) is 13.3. The van der Waals surface area contributed by atoms with E-state index in [1.165, 1.54) is 25.5 Å². The number of nitrogens with one attached hydrogen (secondary N) is 2. The fourth-order valence-electron chi connectivity index (χ4n) is 2.71. The van der Waals surface area contributed by atoms with Crippen LogP contribution in [0.3, 0.4) is 0 Å². The number of aryl methyl sites for hydroxylation is 2. The van der Waals surface area contributed by atoms with Crippen LogP contribution in [-0.4, -0.2) is 15.0 Å². The molecule has 124 valence electrons. The molecule has 24 heavy (non-hydrogen) atoms. The summed E-state index contributed by atoms with van der Waals surface area (Å²) in [7, 11) is 0. The molecule has 0 saturated heterocycles. The number of rotatable bonds is 2. The van der Waals surface area contributed by atoms with Gasteiger partial charge >= 0.3 is 0 Å². The van der Waals surface area contributed by atoms with Gasteiger partial charge in [0.25, 0.3) is 0 Å². The first kappa shape index (κ1) is 15.7. The van der Waals surface area contributed by atoms with Crippen molar-refractivity contribution in [3.8, 4) is 0 Å². The van der Waals surface area contributed by atoms with E-state index in [4.69, 9.17) is 17.2 Å². The smallest absolute Gasteiger partial charge is 0.232 e. The number of hydrogen-bond acceptors (Lipinski definition) is 6. The number of nitrogen functional groups attached to an aromatic ring is 1. The van der Waals surface area contributed by atoms with Crippen molar-refractivity contribution in [3.63, 3.8) is 0 Å². The molecule has 2 aromatic heterocycles. The van der Waals surface area contributed by atoms with Crippen molar-refractivity contribution in [3.05, 3.63) is 59.7 Å². The van der Waals surface area contributed by atoms with E-state index >= 15 is 0 Å². The first-order valence-electron chi connectivity index (χ1n) is 7.79. The van der Waals surface area contributed by atoms with E-state index in [2.05, 4.69) is 44.5 Å². The number of nitrogens with zero attached hydrogens (tertiary/aromatic N) is 2. The largest absolute Gasteiger partial charge is 0.402 e. The monoisotopic (exact) mass is 323 g/mol. The summed E-state index contributed by atoms with van der Waals surface area (Å²) in [4.78, 5) is 11.1. The number of fused-ring (bicyclic) bond motifs is 2. The lowest BCUT2D eigenvalue weighted by molar-refractivity contribution is 0.912. The number of anilines is 2. The molecule has 0 unspecified atom stereocenters. The SMILES string of the molecule is N/C=C(\N)Nc1nc(N)c2cc[nH]c2n1.c1ccc2c(c1)CCC2. The molecular weight excluding hydrogens is 302 g/mol. The highest BCUT2D eigenvalue weighted by Crippen LogP contribution is 2.20. The van der Waals surface area contributed by atoms with Gasteiger partial charge in [-0.05, 0) is 36.5 Å². The van der Waals surface area contributed by atoms with Gasteiger partial charge in [0.1, 0.15) is 17.3 Å². The molecule has 2 heterocycles. The Bertz CT molecular complexity index is 843. The van der Waals surface area contributed by atoms with Gasteiger partial charge in [0.05, 0.1) is 5.39 Å². The number of nitrogens with two attached hydrogens (primary N) is 3. The van der Waals surface area contributed by atoms with E-state index in [-0.39, 0.29) is 5.82 Å². The Morgan fingerprint density at radius 3 is 2.50 bits per heavy atom. The zero-order valence-electron chi connectivity index (χ0n) is 13.3. The molecular formula is C17H21N7. The molecule has 0 atom stereocenters. The molecule has 0 amide bonds. The van der Waals surface area contributed by atoms with Crippen LogP contribution in [0.5, 0.6) is 0 Å². The standard InChI is InChI=1S/C9H10.C8H11N7/c1-2-5-9-7-3-6-8(9)4-1;9-3-5(10)13-8-14-6(11)4-1-2-12-7(4)15-8/h1-2,4-5H,3,6-7H2;1-3H,9-10H2,(H4,11,12,13,14,15)/b;5-3+. The van der Waals surface area contributed by atoms with Crippen LogP contribution >= 0.6 is 0 Å². The van der Waals surface area contributed by atoms with E-state index in [1.54, 1.807) is 23.4 Å². The van der Waals surface area contributed by atoms with Crippen LogP contribution in [0.4, 0.5) is 11.8 Å². The van der Waals surface area contributed by atoms with Crippen molar-refractivity contribution >= 4 is 22.8 Å². The highest BCUT2D eigenvalue weighted by molar-refractivity contribution is 5.86. The molecule has 0 bridgehead atoms. The Morgan fingerprint density at radius 1 is 1.12 bits per heavy atom. The van der Waals surface area contributed by atoms with Crippen LogP contribution in [0.2, 0.25) is 0 Å². The van der Waals surface area contributed by atoms with Crippen molar-refractivity contribution in [2.24, 2.45) is 11.5 Å². The third kappa shape index (κ3) is 3.40. The maximum atomic E-state index is 5.72. The van der Waals surface area contributed by atoms with Gasteiger partial charge in [-0.1, -0.05) is 24.3 Å². The van der Waals surface area contributed by atoms with Crippen LogP contribution < -0.4 is 22.5 Å². The summed E-state index contributed by atoms with van der Waals surface area (Å²) in [6.45, 7) is 0. The van der Waals surface area contributed by atoms with E-state index in [1.807, 2.05) is 0 Å². The van der Waals surface area contributed by atoms with E-state index in [9.17, 15) is 0 Å². The van der Waals surface area contributed by atoms with Crippen LogP contribution in [0.25, 0.3) is 11.0 Å². The van der Waals surface area contributed by atoms with Gasteiger partial charge in [-0.3, -0.25) is 0 Å². The van der Waals surface area contributed by atoms with E-state index in [0.717, 1.165) is 5.39 Å². The lowest BCUT2D eigenvalue weighted by Gasteiger charge is -2.04. The van der Waals surface area contributed by atoms with Crippen molar-refractivity contribution in [2.75, 3.05) is 11.1 Å². The zero-order chi connectivity index (χ0) is 16.9. The average molecular weight is 323 g/mol. The van der Waals surface area contributed by atoms with Crippen molar-refractivity contribution in [1.82, 2.24) is 15.0 Å². The highest BCUT2D eigenvalue weighted by atomic mass is 15.2. The molecule has 7 nitrogen and oxygen atoms in total. The Labute approximate surface area is 140 Å². The lowest BCUT2D eigenvalue weighted by atomic mass is 10.1. The molecule has 3 aromatic rings. The quantitative estimate of drug-likeness (QED) is 0.489. The Morgan fingerprint density at radius 2 is 1.83 bits per heavy atom. The number of aromatic amines is 1. The summed E-state index contributed by atoms with van der Waals surface area (Å²) < 4.78 is 0. The minimum Gasteiger partial charge on any atom is -0.402 e. The topological polar surface area (TPSA) is 132 Å². The number of aromatic nitrogens is 3. The molecule has 0 saturated carbocycles. The third-order valence-corrected chi connectivity index (χ3v) is 3.89. The molecule has 1 aliphatic rings. The average Bonchev–Trinajstić information content (AvgIpc) is 3.24. The van der Waals surface area contributed by atoms with Crippen molar-refractivity contribution < 1.29 is 0 Å². The first-order valence-corrected chi connectivity index (χ1v) is 7.79. The summed E-state index contributed by atoms with van der Waals surface area (Å²) >= 11 is 0. The normalized spacial score (nSPS) is 13.2. The predicted octanol–water partition coefficient (Wildman–Crippen LogP) is 1.84. The number of hydrogen-bond donors (Lipinski definition) is 5. The fraction of sp³-hybridized carbons (Fsp3) is 0.176. The molecule has 0 fully saturated rings. The molecule has 0 aliphatic heterocycles. The van der Waals surface area contributed by atoms with Crippen molar-refractivity contribution in [2.45, 2.75) is 19.3 Å². The Balaban J connectivity index is 0.000000159. The van der Waals surface area contributed by atoms with Gasteiger partial charge in [0.15, 0.2) is 0 Å². The van der Waals surface area contributed by atoms with Crippen LogP contribution in [0.1, 0.15) is 17.5 Å². The van der Waals surface area contributed by atoms with Crippen LogP contribution in [0, 0.1) is 0 Å². The second kappa shape index (κ2) is 6.91. The number of H-pyrrole nitrogens is 1. The summed E-state index contributed by atoms with van der Waals surface area (Å²) in [5.74, 6) is 0.954. The summed E-state index contributed by atoms with van der Waals surface area (Å²) in [6.07, 6.45) is 6.92. The number of benzene rings is 1. The van der Waals surface area contributed by atoms with Crippen LogP contribution in [-0.2, 0) is 12.8 Å². The van der Waals surface area contributed by atoms with E-state index in [0.29, 0.717) is 17.4 Å². The lowest BCUT2D eigenvalue weighted by Crippen LogP contribution is -2.13. The van der Waals surface area contributed by atoms with E-state index < -0.39 is 0 Å². The van der Waals surface area contributed by atoms with Gasteiger partial charge in [-0.25, -0.2) is 0 Å². The van der Waals surface area contributed by atoms with Crippen LogP contribution in [0.15, 0.2) is 48.5 Å². The minimum atomic E-state index is 0.264. The fourth-order valence-corrected chi connectivity index (χ4v) is 2.71. The van der Waals surface area contributed by atoms with Gasteiger partial charge < -0.3 is 27.5 Å². The van der Waals surface area contributed by atoms with Gasteiger partial charge in [0.2, 0.25) is 5.95 Å². The summed E-state index contributed by atoms with van der Waals surface area (Å²) in [5.41, 5.74) is 20.2. The Hall–Kier alpha value is -3.22. The first-order chi connectivity index (χ1) is 11.7. The van der Waals surface area contributed by atoms with Gasteiger partial charge in [-0.2, -0.15) is 9.97 Å². The molecule has 0 spiro atoms. The highest BCUT2D eigenvalue weighted by Gasteiger charge is 2.07. The molecule has 7 heteroatoms. The summed E-state index contributed by atoms with van der Waals surface area (Å²) in [5, 5.41) is 3.48. The Kier molecular flexibility index (Phi) is 4.51. The predicted molar refractivity (Wildman–Crippen MR) is 96.8 cm³/mol. The molecule has 1 aliphatic carbocycles. The summed E-state index contributed by atoms with van der Waals surface area (Å²) in [6, 6.07) is 10.5. The minimum absolute atomic E-state index is 0.264. The second-order valence-electron chi connectivity index (χ2n) is 5.54. The third-order valence-electron chi connectivity index (χ3n) is 3.89. The second-order valence-corrected chi connectivity index (χ2v) is 5.54.